The van der Waals surface area contributed by atoms with Crippen molar-refractivity contribution in [2.24, 2.45) is 0 Å². The first-order chi connectivity index (χ1) is 7.75. The molecule has 1 aromatic heterocycles. The van der Waals surface area contributed by atoms with Gasteiger partial charge in [-0.25, -0.2) is 13.2 Å². The third-order valence-electron chi connectivity index (χ3n) is 2.58. The summed E-state index contributed by atoms with van der Waals surface area (Å²) in [6.07, 6.45) is 0. The molecule has 2 rings (SSSR count). The highest BCUT2D eigenvalue weighted by Gasteiger charge is 2.53. The van der Waals surface area contributed by atoms with E-state index in [2.05, 4.69) is 0 Å². The van der Waals surface area contributed by atoms with E-state index in [9.17, 15) is 18.3 Å². The molecule has 0 atom stereocenters. The number of β-amino-alcohol motifs (C(OH)–C–C–N with tert-alkyl or cyclic N) is 1. The Labute approximate surface area is 102 Å². The fourth-order valence-corrected chi connectivity index (χ4v) is 4.50. The third kappa shape index (κ3) is 1.97. The van der Waals surface area contributed by atoms with E-state index >= 15 is 0 Å². The highest BCUT2D eigenvalue weighted by molar-refractivity contribution is 7.91. The van der Waals surface area contributed by atoms with Gasteiger partial charge in [0.1, 0.15) is 4.21 Å². The second-order valence-corrected chi connectivity index (χ2v) is 7.43. The van der Waals surface area contributed by atoms with E-state index in [0.717, 1.165) is 20.5 Å². The number of hydrogen-bond acceptors (Lipinski definition) is 5. The summed E-state index contributed by atoms with van der Waals surface area (Å²) in [6, 6.07) is 3.16. The molecule has 94 valence electrons. The largest absolute Gasteiger partial charge is 0.479 e. The van der Waals surface area contributed by atoms with Gasteiger partial charge in [0.2, 0.25) is 0 Å². The lowest BCUT2D eigenvalue weighted by Gasteiger charge is -2.41. The first-order valence-electron chi connectivity index (χ1n) is 4.78. The summed E-state index contributed by atoms with van der Waals surface area (Å²) in [7, 11) is -3.66. The number of aliphatic hydroxyl groups is 1. The van der Waals surface area contributed by atoms with Crippen molar-refractivity contribution in [2.75, 3.05) is 13.1 Å². The molecule has 0 amide bonds. The van der Waals surface area contributed by atoms with E-state index in [1.54, 1.807) is 13.0 Å². The molecular formula is C9H11NO5S2. The highest BCUT2D eigenvalue weighted by atomic mass is 32.2. The predicted octanol–water partition coefficient (Wildman–Crippen LogP) is -0.123. The van der Waals surface area contributed by atoms with Gasteiger partial charge in [-0.2, -0.15) is 4.31 Å². The van der Waals surface area contributed by atoms with Crippen LogP contribution in [-0.2, 0) is 14.8 Å². The number of carbonyl (C=O) groups is 1. The van der Waals surface area contributed by atoms with Crippen LogP contribution < -0.4 is 0 Å². The van der Waals surface area contributed by atoms with Gasteiger partial charge in [0, 0.05) is 4.88 Å². The fraction of sp³-hybridized carbons (Fsp3) is 0.444. The van der Waals surface area contributed by atoms with Gasteiger partial charge in [0.05, 0.1) is 13.1 Å². The number of nitrogens with zero attached hydrogens (tertiary/aromatic N) is 1. The van der Waals surface area contributed by atoms with Crippen LogP contribution in [0.3, 0.4) is 0 Å². The third-order valence-corrected chi connectivity index (χ3v) is 5.84. The van der Waals surface area contributed by atoms with Gasteiger partial charge >= 0.3 is 5.97 Å². The topological polar surface area (TPSA) is 94.9 Å². The Morgan fingerprint density at radius 1 is 1.47 bits per heavy atom. The second kappa shape index (κ2) is 3.77. The summed E-state index contributed by atoms with van der Waals surface area (Å²) in [5.41, 5.74) is -1.95. The summed E-state index contributed by atoms with van der Waals surface area (Å²) < 4.78 is 25.1. The number of aryl methyl sites for hydroxylation is 1. The first kappa shape index (κ1) is 12.5. The number of carboxylic acid groups (broad SMARTS) is 1. The van der Waals surface area contributed by atoms with E-state index < -0.39 is 34.7 Å². The van der Waals surface area contributed by atoms with Gasteiger partial charge in [-0.15, -0.1) is 11.3 Å². The van der Waals surface area contributed by atoms with Gasteiger partial charge in [-0.3, -0.25) is 0 Å². The molecule has 17 heavy (non-hydrogen) atoms. The van der Waals surface area contributed by atoms with E-state index in [-0.39, 0.29) is 4.21 Å². The Balaban J connectivity index is 2.19. The molecule has 2 N–H and O–H groups in total. The van der Waals surface area contributed by atoms with Gasteiger partial charge in [-0.1, -0.05) is 0 Å². The molecule has 0 bridgehead atoms. The summed E-state index contributed by atoms with van der Waals surface area (Å²) in [5, 5.41) is 18.2. The summed E-state index contributed by atoms with van der Waals surface area (Å²) in [4.78, 5) is 11.5. The van der Waals surface area contributed by atoms with E-state index in [4.69, 9.17) is 5.11 Å². The van der Waals surface area contributed by atoms with Crippen LogP contribution >= 0.6 is 11.3 Å². The average molecular weight is 277 g/mol. The Morgan fingerprint density at radius 2 is 2.06 bits per heavy atom. The van der Waals surface area contributed by atoms with Crippen molar-refractivity contribution in [3.8, 4) is 0 Å². The van der Waals surface area contributed by atoms with Crippen LogP contribution in [0.2, 0.25) is 0 Å². The molecule has 8 heteroatoms. The molecule has 0 spiro atoms. The van der Waals surface area contributed by atoms with Crippen molar-refractivity contribution < 1.29 is 23.4 Å². The number of aliphatic carboxylic acids is 1. The number of thiophene rings is 1. The van der Waals surface area contributed by atoms with Crippen molar-refractivity contribution in [3.05, 3.63) is 17.0 Å². The second-order valence-electron chi connectivity index (χ2n) is 3.97. The predicted molar refractivity (Wildman–Crippen MR) is 60.4 cm³/mol. The standard InChI is InChI=1S/C9H11NO5S2/c1-6-2-3-7(16-6)17(14,15)10-4-9(13,5-10)8(11)12/h2-3,13H,4-5H2,1H3,(H,11,12). The SMILES string of the molecule is Cc1ccc(S(=O)(=O)N2CC(O)(C(=O)O)C2)s1. The van der Waals surface area contributed by atoms with Crippen LogP contribution in [-0.4, -0.2) is 47.6 Å². The van der Waals surface area contributed by atoms with Crippen LogP contribution in [0.5, 0.6) is 0 Å². The normalized spacial score (nSPS) is 19.9. The zero-order valence-electron chi connectivity index (χ0n) is 8.95. The van der Waals surface area contributed by atoms with Gasteiger partial charge in [-0.05, 0) is 19.1 Å². The van der Waals surface area contributed by atoms with Crippen LogP contribution in [0.25, 0.3) is 0 Å². The molecule has 1 saturated heterocycles. The lowest BCUT2D eigenvalue weighted by Crippen LogP contribution is -2.67. The monoisotopic (exact) mass is 277 g/mol. The van der Waals surface area contributed by atoms with Crippen LogP contribution in [0.15, 0.2) is 16.3 Å². The zero-order chi connectivity index (χ0) is 12.8. The van der Waals surface area contributed by atoms with E-state index in [0.29, 0.717) is 0 Å². The number of sulfonamides is 1. The van der Waals surface area contributed by atoms with Crippen molar-refractivity contribution in [3.63, 3.8) is 0 Å². The summed E-state index contributed by atoms with van der Waals surface area (Å²) in [6.45, 7) is 0.983. The number of carboxylic acids is 1. The maximum atomic E-state index is 12.0. The minimum atomic E-state index is -3.66. The van der Waals surface area contributed by atoms with E-state index in [1.165, 1.54) is 6.07 Å². The Morgan fingerprint density at radius 3 is 2.47 bits per heavy atom. The lowest BCUT2D eigenvalue weighted by atomic mass is 9.98. The molecule has 0 aromatic carbocycles. The van der Waals surface area contributed by atoms with E-state index in [1.807, 2.05) is 0 Å². The quantitative estimate of drug-likeness (QED) is 0.803. The highest BCUT2D eigenvalue weighted by Crippen LogP contribution is 2.31. The fourth-order valence-electron chi connectivity index (χ4n) is 1.52. The smallest absolute Gasteiger partial charge is 0.338 e. The molecule has 1 aliphatic rings. The van der Waals surface area contributed by atoms with Gasteiger partial charge in [0.15, 0.2) is 5.60 Å². The molecule has 0 radical (unpaired) electrons. The minimum absolute atomic E-state index is 0.169. The zero-order valence-corrected chi connectivity index (χ0v) is 10.6. The Hall–Kier alpha value is -0.960. The van der Waals surface area contributed by atoms with Crippen molar-refractivity contribution in [1.82, 2.24) is 4.31 Å². The molecule has 0 saturated carbocycles. The summed E-state index contributed by atoms with van der Waals surface area (Å²) in [5.74, 6) is -1.40. The average Bonchev–Trinajstić information content (AvgIpc) is 2.60. The first-order valence-corrected chi connectivity index (χ1v) is 7.04. The molecule has 1 aliphatic heterocycles. The lowest BCUT2D eigenvalue weighted by molar-refractivity contribution is -0.170. The van der Waals surface area contributed by atoms with Crippen LogP contribution in [0, 0.1) is 6.92 Å². The van der Waals surface area contributed by atoms with Gasteiger partial charge < -0.3 is 10.2 Å². The molecule has 0 aliphatic carbocycles. The molecule has 1 fully saturated rings. The van der Waals surface area contributed by atoms with Gasteiger partial charge in [0.25, 0.3) is 10.0 Å². The maximum absolute atomic E-state index is 12.0. The number of rotatable bonds is 3. The molecule has 2 heterocycles. The Bertz CT molecular complexity index is 556. The molecule has 6 nitrogen and oxygen atoms in total. The number of hydrogen-bond donors (Lipinski definition) is 2. The van der Waals surface area contributed by atoms with Crippen molar-refractivity contribution in [2.45, 2.75) is 16.7 Å². The summed E-state index contributed by atoms with van der Waals surface area (Å²) >= 11 is 1.12. The molecule has 1 aromatic rings. The van der Waals surface area contributed by atoms with Crippen molar-refractivity contribution >= 4 is 27.3 Å². The van der Waals surface area contributed by atoms with Crippen LogP contribution in [0.1, 0.15) is 4.88 Å². The maximum Gasteiger partial charge on any atom is 0.338 e. The molecular weight excluding hydrogens is 266 g/mol. The van der Waals surface area contributed by atoms with Crippen molar-refractivity contribution in [1.29, 1.82) is 0 Å². The van der Waals surface area contributed by atoms with Crippen LogP contribution in [0.4, 0.5) is 0 Å². The minimum Gasteiger partial charge on any atom is -0.479 e. The Kier molecular flexibility index (Phi) is 2.77. The molecule has 0 unspecified atom stereocenters.